The Labute approximate surface area is 133 Å². The summed E-state index contributed by atoms with van der Waals surface area (Å²) in [5.41, 5.74) is 9.83. The topological polar surface area (TPSA) is 159 Å². The molecule has 0 heterocycles. The number of amides is 1. The largest absolute Gasteiger partial charge is 0.370 e. The third-order valence-corrected chi connectivity index (χ3v) is 4.97. The second-order valence-electron chi connectivity index (χ2n) is 4.75. The molecule has 0 saturated carbocycles. The van der Waals surface area contributed by atoms with E-state index in [0.29, 0.717) is 12.0 Å². The average molecular weight is 342 g/mol. The molecule has 0 atom stereocenters. The molecule has 1 amide bonds. The van der Waals surface area contributed by atoms with Crippen LogP contribution in [0.25, 0.3) is 0 Å². The molecule has 1 rings (SSSR count). The van der Waals surface area contributed by atoms with E-state index in [1.807, 2.05) is 0 Å². The van der Waals surface area contributed by atoms with Crippen LogP contribution in [-0.4, -0.2) is 31.0 Å². The van der Waals surface area contributed by atoms with Gasteiger partial charge < -0.3 is 11.5 Å². The number of guanidine groups is 1. The van der Waals surface area contributed by atoms with Gasteiger partial charge >= 0.3 is 0 Å². The number of nitro groups is 1. The van der Waals surface area contributed by atoms with Crippen molar-refractivity contribution in [3.63, 3.8) is 0 Å². The highest BCUT2D eigenvalue weighted by Crippen LogP contribution is 2.30. The number of carbonyl (C=O) groups excluding carboxylic acids is 1. The van der Waals surface area contributed by atoms with Crippen LogP contribution in [-0.2, 0) is 16.3 Å². The molecule has 0 aliphatic carbocycles. The number of benzene rings is 1. The number of carbonyl (C=O) groups is 1. The molecule has 0 aromatic heterocycles. The summed E-state index contributed by atoms with van der Waals surface area (Å²) < 4.78 is 24.5. The number of sulfone groups is 1. The maximum Gasteiger partial charge on any atom is 0.288 e. The number of aliphatic imine (C=N–C) groups is 1. The smallest absolute Gasteiger partial charge is 0.288 e. The fraction of sp³-hybridized carbons (Fsp3) is 0.385. The van der Waals surface area contributed by atoms with E-state index in [0.717, 1.165) is 12.1 Å². The molecule has 0 saturated heterocycles. The Morgan fingerprint density at radius 3 is 2.35 bits per heavy atom. The average Bonchev–Trinajstić information content (AvgIpc) is 2.44. The molecule has 0 unspecified atom stereocenters. The van der Waals surface area contributed by atoms with E-state index >= 15 is 0 Å². The lowest BCUT2D eigenvalue weighted by molar-refractivity contribution is -0.387. The van der Waals surface area contributed by atoms with Crippen LogP contribution in [0.4, 0.5) is 5.69 Å². The van der Waals surface area contributed by atoms with Crippen molar-refractivity contribution in [2.24, 2.45) is 16.5 Å². The first kappa shape index (κ1) is 18.6. The summed E-state index contributed by atoms with van der Waals surface area (Å²) in [5.74, 6) is -1.56. The van der Waals surface area contributed by atoms with Crippen LogP contribution in [0.1, 0.15) is 36.2 Å². The third kappa shape index (κ3) is 4.25. The molecule has 0 bridgehead atoms. The van der Waals surface area contributed by atoms with Gasteiger partial charge in [-0.2, -0.15) is 4.99 Å². The summed E-state index contributed by atoms with van der Waals surface area (Å²) in [7, 11) is -3.82. The Hall–Kier alpha value is -2.49. The molecular formula is C13H18N4O5S. The van der Waals surface area contributed by atoms with E-state index in [1.54, 1.807) is 13.8 Å². The number of nitrogens with two attached hydrogens (primary N) is 2. The van der Waals surface area contributed by atoms with Crippen molar-refractivity contribution in [1.82, 2.24) is 0 Å². The van der Waals surface area contributed by atoms with Crippen LogP contribution in [0.15, 0.2) is 22.0 Å². The van der Waals surface area contributed by atoms with E-state index in [4.69, 9.17) is 11.5 Å². The molecule has 23 heavy (non-hydrogen) atoms. The van der Waals surface area contributed by atoms with Gasteiger partial charge in [0.15, 0.2) is 15.8 Å². The minimum absolute atomic E-state index is 0.0944. The van der Waals surface area contributed by atoms with Gasteiger partial charge in [0.2, 0.25) is 0 Å². The molecule has 4 N–H and O–H groups in total. The van der Waals surface area contributed by atoms with Crippen LogP contribution in [0.5, 0.6) is 0 Å². The fourth-order valence-corrected chi connectivity index (χ4v) is 3.58. The predicted octanol–water partition coefficient (Wildman–Crippen LogP) is 0.755. The Morgan fingerprint density at radius 1 is 1.30 bits per heavy atom. The quantitative estimate of drug-likeness (QED) is 0.334. The lowest BCUT2D eigenvalue weighted by Gasteiger charge is -2.10. The molecule has 1 aromatic carbocycles. The molecule has 10 heteroatoms. The first-order valence-electron chi connectivity index (χ1n) is 6.82. The Morgan fingerprint density at radius 2 is 1.91 bits per heavy atom. The van der Waals surface area contributed by atoms with Gasteiger partial charge in [-0.25, -0.2) is 8.42 Å². The van der Waals surface area contributed by atoms with Gasteiger partial charge in [0, 0.05) is 6.07 Å². The standard InChI is InChI=1S/C13H18N4O5S/c1-3-5-23(21,22)11-6-8(4-2)9(7-10(11)17(19)20)12(18)16-13(14)15/h6-7H,3-5H2,1-2H3,(H4,14,15,16,18). The normalized spacial score (nSPS) is 11.0. The molecule has 0 aliphatic rings. The third-order valence-electron chi connectivity index (χ3n) is 3.03. The fourth-order valence-electron chi connectivity index (χ4n) is 2.05. The van der Waals surface area contributed by atoms with Gasteiger partial charge in [0.1, 0.15) is 4.90 Å². The van der Waals surface area contributed by atoms with Gasteiger partial charge in [0.05, 0.1) is 16.2 Å². The number of hydrogen-bond acceptors (Lipinski definition) is 5. The van der Waals surface area contributed by atoms with Gasteiger partial charge in [-0.3, -0.25) is 14.9 Å². The number of aryl methyl sites for hydroxylation is 1. The Bertz CT molecular complexity index is 767. The molecule has 0 radical (unpaired) electrons. The summed E-state index contributed by atoms with van der Waals surface area (Å²) in [5, 5.41) is 11.2. The van der Waals surface area contributed by atoms with E-state index in [9.17, 15) is 23.3 Å². The van der Waals surface area contributed by atoms with Crippen molar-refractivity contribution in [2.75, 3.05) is 5.75 Å². The zero-order valence-electron chi connectivity index (χ0n) is 12.8. The van der Waals surface area contributed by atoms with E-state index in [1.165, 1.54) is 0 Å². The minimum atomic E-state index is -3.82. The van der Waals surface area contributed by atoms with Crippen molar-refractivity contribution in [1.29, 1.82) is 0 Å². The molecule has 0 aliphatic heterocycles. The highest BCUT2D eigenvalue weighted by atomic mass is 32.2. The number of nitrogens with zero attached hydrogens (tertiary/aromatic N) is 2. The second-order valence-corrected chi connectivity index (χ2v) is 6.83. The van der Waals surface area contributed by atoms with Gasteiger partial charge in [0.25, 0.3) is 11.6 Å². The summed E-state index contributed by atoms with van der Waals surface area (Å²) in [4.78, 5) is 25.3. The monoisotopic (exact) mass is 342 g/mol. The summed E-state index contributed by atoms with van der Waals surface area (Å²) >= 11 is 0. The summed E-state index contributed by atoms with van der Waals surface area (Å²) in [6.07, 6.45) is 0.601. The van der Waals surface area contributed by atoms with E-state index in [2.05, 4.69) is 4.99 Å². The van der Waals surface area contributed by atoms with E-state index < -0.39 is 37.2 Å². The maximum absolute atomic E-state index is 12.2. The zero-order valence-corrected chi connectivity index (χ0v) is 13.6. The van der Waals surface area contributed by atoms with Crippen molar-refractivity contribution in [3.8, 4) is 0 Å². The van der Waals surface area contributed by atoms with Crippen LogP contribution in [0.2, 0.25) is 0 Å². The van der Waals surface area contributed by atoms with Crippen LogP contribution < -0.4 is 11.5 Å². The highest BCUT2D eigenvalue weighted by molar-refractivity contribution is 7.91. The molecule has 1 aromatic rings. The van der Waals surface area contributed by atoms with Gasteiger partial charge in [-0.1, -0.05) is 13.8 Å². The Balaban J connectivity index is 3.68. The van der Waals surface area contributed by atoms with Gasteiger partial charge in [-0.05, 0) is 24.5 Å². The van der Waals surface area contributed by atoms with Crippen molar-refractivity contribution in [3.05, 3.63) is 33.4 Å². The lowest BCUT2D eigenvalue weighted by Crippen LogP contribution is -2.24. The zero-order chi connectivity index (χ0) is 17.8. The maximum atomic E-state index is 12.2. The lowest BCUT2D eigenvalue weighted by atomic mass is 10.0. The van der Waals surface area contributed by atoms with Crippen LogP contribution >= 0.6 is 0 Å². The predicted molar refractivity (Wildman–Crippen MR) is 85.0 cm³/mol. The molecular weight excluding hydrogens is 324 g/mol. The first-order chi connectivity index (χ1) is 10.6. The van der Waals surface area contributed by atoms with Crippen LogP contribution in [0.3, 0.4) is 0 Å². The molecule has 0 spiro atoms. The van der Waals surface area contributed by atoms with Gasteiger partial charge in [-0.15, -0.1) is 0 Å². The highest BCUT2D eigenvalue weighted by Gasteiger charge is 2.28. The van der Waals surface area contributed by atoms with E-state index in [-0.39, 0.29) is 17.7 Å². The minimum Gasteiger partial charge on any atom is -0.370 e. The number of rotatable bonds is 6. The number of hydrogen-bond donors (Lipinski definition) is 2. The number of nitro benzene ring substituents is 1. The van der Waals surface area contributed by atoms with Crippen LogP contribution in [0, 0.1) is 10.1 Å². The van der Waals surface area contributed by atoms with Crippen molar-refractivity contribution >= 4 is 27.4 Å². The molecule has 126 valence electrons. The second kappa shape index (κ2) is 7.18. The SMILES string of the molecule is CCCS(=O)(=O)c1cc(CC)c(C(=O)N=C(N)N)cc1[N+](=O)[O-]. The molecule has 0 fully saturated rings. The Kier molecular flexibility index (Phi) is 5.79. The molecule has 9 nitrogen and oxygen atoms in total. The van der Waals surface area contributed by atoms with Crippen molar-refractivity contribution in [2.45, 2.75) is 31.6 Å². The van der Waals surface area contributed by atoms with Crippen molar-refractivity contribution < 1.29 is 18.1 Å². The first-order valence-corrected chi connectivity index (χ1v) is 8.47. The summed E-state index contributed by atoms with van der Waals surface area (Å²) in [6, 6.07) is 2.06. The summed E-state index contributed by atoms with van der Waals surface area (Å²) in [6.45, 7) is 3.34.